The normalized spacial score (nSPS) is 17.4. The van der Waals surface area contributed by atoms with Gasteiger partial charge in [-0.3, -0.25) is 0 Å². The molecule has 0 saturated heterocycles. The van der Waals surface area contributed by atoms with Crippen molar-refractivity contribution in [2.75, 3.05) is 30.4 Å². The molecule has 1 aliphatic heterocycles. The lowest BCUT2D eigenvalue weighted by Crippen LogP contribution is -2.33. The second-order valence-electron chi connectivity index (χ2n) is 5.32. The molecule has 0 saturated carbocycles. The van der Waals surface area contributed by atoms with Crippen LogP contribution in [0.25, 0.3) is 0 Å². The van der Waals surface area contributed by atoms with Gasteiger partial charge in [-0.05, 0) is 36.1 Å². The van der Waals surface area contributed by atoms with Crippen molar-refractivity contribution in [2.24, 2.45) is 5.92 Å². The molecule has 2 aromatic carbocycles. The van der Waals surface area contributed by atoms with Crippen molar-refractivity contribution in [3.63, 3.8) is 0 Å². The summed E-state index contributed by atoms with van der Waals surface area (Å²) in [5.74, 6) is 0.667. The lowest BCUT2D eigenvalue weighted by Gasteiger charge is -2.30. The second kappa shape index (κ2) is 5.35. The van der Waals surface area contributed by atoms with Crippen LogP contribution in [-0.2, 0) is 6.42 Å². The molecule has 1 N–H and O–H groups in total. The number of rotatable bonds is 3. The fourth-order valence-corrected chi connectivity index (χ4v) is 2.81. The van der Waals surface area contributed by atoms with Crippen LogP contribution in [0.3, 0.4) is 0 Å². The van der Waals surface area contributed by atoms with Gasteiger partial charge < -0.3 is 10.2 Å². The Morgan fingerprint density at radius 1 is 1.05 bits per heavy atom. The van der Waals surface area contributed by atoms with Gasteiger partial charge in [0.2, 0.25) is 0 Å². The largest absolute Gasteiger partial charge is 0.384 e. The Morgan fingerprint density at radius 2 is 1.79 bits per heavy atom. The van der Waals surface area contributed by atoms with E-state index in [2.05, 4.69) is 71.9 Å². The van der Waals surface area contributed by atoms with Crippen LogP contribution >= 0.6 is 0 Å². The minimum absolute atomic E-state index is 0.667. The standard InChI is InChI=1S/C17H20N2/c1-19(16-8-3-2-4-9-16)13-14-11-15-7-5-6-10-17(15)18-12-14/h2-10,14,18H,11-13H2,1H3. The summed E-state index contributed by atoms with van der Waals surface area (Å²) in [4.78, 5) is 2.35. The number of fused-ring (bicyclic) bond motifs is 1. The fraction of sp³-hybridized carbons (Fsp3) is 0.294. The third-order valence-corrected chi connectivity index (χ3v) is 3.84. The molecule has 3 rings (SSSR count). The quantitative estimate of drug-likeness (QED) is 0.900. The van der Waals surface area contributed by atoms with Crippen molar-refractivity contribution in [2.45, 2.75) is 6.42 Å². The van der Waals surface area contributed by atoms with Gasteiger partial charge in [-0.15, -0.1) is 0 Å². The number of benzene rings is 2. The summed E-state index contributed by atoms with van der Waals surface area (Å²) in [7, 11) is 2.18. The third-order valence-electron chi connectivity index (χ3n) is 3.84. The molecule has 0 bridgehead atoms. The van der Waals surface area contributed by atoms with Crippen LogP contribution < -0.4 is 10.2 Å². The van der Waals surface area contributed by atoms with Crippen LogP contribution in [0.5, 0.6) is 0 Å². The maximum atomic E-state index is 3.54. The first-order chi connectivity index (χ1) is 9.33. The van der Waals surface area contributed by atoms with E-state index in [-0.39, 0.29) is 0 Å². The SMILES string of the molecule is CN(CC1CNc2ccccc2C1)c1ccccc1. The maximum absolute atomic E-state index is 3.54. The first-order valence-electron chi connectivity index (χ1n) is 6.91. The maximum Gasteiger partial charge on any atom is 0.0372 e. The first-order valence-corrected chi connectivity index (χ1v) is 6.91. The van der Waals surface area contributed by atoms with E-state index < -0.39 is 0 Å². The van der Waals surface area contributed by atoms with Gasteiger partial charge in [-0.1, -0.05) is 36.4 Å². The molecule has 19 heavy (non-hydrogen) atoms. The lowest BCUT2D eigenvalue weighted by atomic mass is 9.93. The van der Waals surface area contributed by atoms with E-state index in [9.17, 15) is 0 Å². The summed E-state index contributed by atoms with van der Waals surface area (Å²) < 4.78 is 0. The van der Waals surface area contributed by atoms with Crippen molar-refractivity contribution in [1.29, 1.82) is 0 Å². The monoisotopic (exact) mass is 252 g/mol. The van der Waals surface area contributed by atoms with E-state index in [0.29, 0.717) is 5.92 Å². The van der Waals surface area contributed by atoms with Crippen LogP contribution in [0.15, 0.2) is 54.6 Å². The van der Waals surface area contributed by atoms with Crippen LogP contribution in [0.4, 0.5) is 11.4 Å². The Balaban J connectivity index is 1.66. The highest BCUT2D eigenvalue weighted by Gasteiger charge is 2.19. The molecule has 0 radical (unpaired) electrons. The molecule has 2 heteroatoms. The van der Waals surface area contributed by atoms with Gasteiger partial charge in [0, 0.05) is 31.5 Å². The zero-order valence-electron chi connectivity index (χ0n) is 11.3. The molecule has 2 aromatic rings. The summed E-state index contributed by atoms with van der Waals surface area (Å²) in [5.41, 5.74) is 4.04. The van der Waals surface area contributed by atoms with E-state index in [1.165, 1.54) is 23.4 Å². The molecule has 0 aromatic heterocycles. The van der Waals surface area contributed by atoms with Crippen LogP contribution in [0.2, 0.25) is 0 Å². The zero-order valence-corrected chi connectivity index (χ0v) is 11.3. The third kappa shape index (κ3) is 2.73. The molecule has 1 aliphatic rings. The van der Waals surface area contributed by atoms with E-state index in [4.69, 9.17) is 0 Å². The Bertz CT molecular complexity index is 536. The Morgan fingerprint density at radius 3 is 2.63 bits per heavy atom. The average molecular weight is 252 g/mol. The van der Waals surface area contributed by atoms with Gasteiger partial charge in [0.05, 0.1) is 0 Å². The van der Waals surface area contributed by atoms with Gasteiger partial charge in [0.25, 0.3) is 0 Å². The number of para-hydroxylation sites is 2. The molecule has 2 nitrogen and oxygen atoms in total. The Hall–Kier alpha value is -1.96. The molecule has 1 heterocycles. The van der Waals surface area contributed by atoms with E-state index >= 15 is 0 Å². The Kier molecular flexibility index (Phi) is 3.41. The molecule has 0 aliphatic carbocycles. The number of hydrogen-bond acceptors (Lipinski definition) is 2. The summed E-state index contributed by atoms with van der Waals surface area (Å²) in [6.45, 7) is 2.15. The first kappa shape index (κ1) is 12.1. The van der Waals surface area contributed by atoms with Gasteiger partial charge in [-0.25, -0.2) is 0 Å². The van der Waals surface area contributed by atoms with E-state index in [1.54, 1.807) is 0 Å². The van der Waals surface area contributed by atoms with Crippen LogP contribution in [0.1, 0.15) is 5.56 Å². The molecule has 0 spiro atoms. The highest BCUT2D eigenvalue weighted by atomic mass is 15.1. The molecular weight excluding hydrogens is 232 g/mol. The highest BCUT2D eigenvalue weighted by molar-refractivity contribution is 5.53. The Labute approximate surface area is 115 Å². The van der Waals surface area contributed by atoms with Gasteiger partial charge in [0.1, 0.15) is 0 Å². The van der Waals surface area contributed by atoms with Crippen molar-refractivity contribution < 1.29 is 0 Å². The number of nitrogens with zero attached hydrogens (tertiary/aromatic N) is 1. The minimum atomic E-state index is 0.667. The zero-order chi connectivity index (χ0) is 13.1. The van der Waals surface area contributed by atoms with Gasteiger partial charge in [0.15, 0.2) is 0 Å². The van der Waals surface area contributed by atoms with Crippen LogP contribution in [-0.4, -0.2) is 20.1 Å². The van der Waals surface area contributed by atoms with Crippen LogP contribution in [0, 0.1) is 5.92 Å². The summed E-state index contributed by atoms with van der Waals surface area (Å²) in [5, 5.41) is 3.54. The predicted octanol–water partition coefficient (Wildman–Crippen LogP) is 3.41. The smallest absolute Gasteiger partial charge is 0.0372 e. The van der Waals surface area contributed by atoms with E-state index in [1.807, 2.05) is 0 Å². The lowest BCUT2D eigenvalue weighted by molar-refractivity contribution is 0.536. The average Bonchev–Trinajstić information content (AvgIpc) is 2.48. The van der Waals surface area contributed by atoms with Crippen molar-refractivity contribution in [3.8, 4) is 0 Å². The number of hydrogen-bond donors (Lipinski definition) is 1. The topological polar surface area (TPSA) is 15.3 Å². The molecule has 0 amide bonds. The van der Waals surface area contributed by atoms with Crippen molar-refractivity contribution >= 4 is 11.4 Å². The van der Waals surface area contributed by atoms with Crippen molar-refractivity contribution in [1.82, 2.24) is 0 Å². The van der Waals surface area contributed by atoms with Gasteiger partial charge in [-0.2, -0.15) is 0 Å². The van der Waals surface area contributed by atoms with E-state index in [0.717, 1.165) is 13.1 Å². The molecule has 1 atom stereocenters. The minimum Gasteiger partial charge on any atom is -0.384 e. The van der Waals surface area contributed by atoms with Crippen molar-refractivity contribution in [3.05, 3.63) is 60.2 Å². The fourth-order valence-electron chi connectivity index (χ4n) is 2.81. The molecule has 98 valence electrons. The summed E-state index contributed by atoms with van der Waals surface area (Å²) in [6, 6.07) is 19.2. The molecule has 1 unspecified atom stereocenters. The summed E-state index contributed by atoms with van der Waals surface area (Å²) >= 11 is 0. The second-order valence-corrected chi connectivity index (χ2v) is 5.32. The molecule has 0 fully saturated rings. The molecular formula is C17H20N2. The number of nitrogens with one attached hydrogen (secondary N) is 1. The summed E-state index contributed by atoms with van der Waals surface area (Å²) in [6.07, 6.45) is 1.17. The predicted molar refractivity (Wildman–Crippen MR) is 81.8 cm³/mol. The highest BCUT2D eigenvalue weighted by Crippen LogP contribution is 2.25. The van der Waals surface area contributed by atoms with Gasteiger partial charge >= 0.3 is 0 Å². The number of anilines is 2.